The van der Waals surface area contributed by atoms with E-state index in [0.29, 0.717) is 0 Å². The standard InChI is InChI=1S/C11H13N5/c1-13-8-16(15-7-12-14(2)9-15)11-6-4-3-5-10(11)13/h3-9H,1-2H3/q+2. The highest BCUT2D eigenvalue weighted by molar-refractivity contribution is 5.71. The van der Waals surface area contributed by atoms with Crippen molar-refractivity contribution in [2.45, 2.75) is 0 Å². The zero-order chi connectivity index (χ0) is 11.1. The minimum atomic E-state index is 1.16. The van der Waals surface area contributed by atoms with E-state index in [4.69, 9.17) is 0 Å². The summed E-state index contributed by atoms with van der Waals surface area (Å²) in [7, 11) is 3.94. The van der Waals surface area contributed by atoms with Crippen LogP contribution in [0.2, 0.25) is 0 Å². The van der Waals surface area contributed by atoms with Gasteiger partial charge in [0.15, 0.2) is 5.52 Å². The molecule has 5 heteroatoms. The molecule has 0 fully saturated rings. The van der Waals surface area contributed by atoms with Gasteiger partial charge in [-0.2, -0.15) is 0 Å². The van der Waals surface area contributed by atoms with Crippen LogP contribution in [0.15, 0.2) is 43.2 Å². The number of rotatable bonds is 1. The Morgan fingerprint density at radius 2 is 1.94 bits per heavy atom. The first kappa shape index (κ1) is 9.08. The van der Waals surface area contributed by atoms with Crippen LogP contribution in [-0.4, -0.2) is 14.5 Å². The first-order chi connectivity index (χ1) is 7.75. The fourth-order valence-electron chi connectivity index (χ4n) is 1.91. The molecule has 0 saturated heterocycles. The Morgan fingerprint density at radius 3 is 2.69 bits per heavy atom. The lowest BCUT2D eigenvalue weighted by atomic mass is 10.3. The summed E-state index contributed by atoms with van der Waals surface area (Å²) in [5.74, 6) is 0. The fourth-order valence-corrected chi connectivity index (χ4v) is 1.91. The second kappa shape index (κ2) is 3.16. The van der Waals surface area contributed by atoms with Gasteiger partial charge < -0.3 is 0 Å². The maximum atomic E-state index is 4.16. The Balaban J connectivity index is 2.32. The quantitative estimate of drug-likeness (QED) is 0.517. The largest absolute Gasteiger partial charge is 0.308 e. The molecule has 0 spiro atoms. The molecule has 16 heavy (non-hydrogen) atoms. The molecule has 0 saturated carbocycles. The highest BCUT2D eigenvalue weighted by Crippen LogP contribution is 2.09. The normalized spacial score (nSPS) is 11.1. The zero-order valence-corrected chi connectivity index (χ0v) is 9.28. The Bertz CT molecular complexity index is 649. The summed E-state index contributed by atoms with van der Waals surface area (Å²) in [6.07, 6.45) is 5.74. The summed E-state index contributed by atoms with van der Waals surface area (Å²) in [6.45, 7) is 0. The van der Waals surface area contributed by atoms with Crippen molar-refractivity contribution in [1.82, 2.24) is 14.5 Å². The van der Waals surface area contributed by atoms with E-state index in [1.165, 1.54) is 5.52 Å². The van der Waals surface area contributed by atoms with Crippen LogP contribution in [0.4, 0.5) is 0 Å². The molecule has 0 N–H and O–H groups in total. The molecule has 80 valence electrons. The molecule has 0 bridgehead atoms. The third-order valence-electron chi connectivity index (χ3n) is 2.68. The van der Waals surface area contributed by atoms with Gasteiger partial charge in [0.2, 0.25) is 5.52 Å². The summed E-state index contributed by atoms with van der Waals surface area (Å²) in [5, 5.41) is 4.16. The summed E-state index contributed by atoms with van der Waals surface area (Å²) in [4.78, 5) is 0. The van der Waals surface area contributed by atoms with Gasteiger partial charge in [-0.3, -0.25) is 0 Å². The average molecular weight is 215 g/mol. The Hall–Kier alpha value is -2.17. The molecule has 0 radical (unpaired) electrons. The summed E-state index contributed by atoms with van der Waals surface area (Å²) < 4.78 is 7.87. The van der Waals surface area contributed by atoms with Crippen LogP contribution in [0.3, 0.4) is 0 Å². The van der Waals surface area contributed by atoms with Crippen molar-refractivity contribution in [3.8, 4) is 0 Å². The van der Waals surface area contributed by atoms with E-state index in [1.54, 1.807) is 11.0 Å². The third kappa shape index (κ3) is 1.21. The molecule has 1 aromatic carbocycles. The van der Waals surface area contributed by atoms with Crippen LogP contribution in [0.1, 0.15) is 0 Å². The number of para-hydroxylation sites is 2. The van der Waals surface area contributed by atoms with Gasteiger partial charge in [0.05, 0.1) is 7.05 Å². The van der Waals surface area contributed by atoms with Gasteiger partial charge >= 0.3 is 6.33 Å². The number of hydrogen-bond donors (Lipinski definition) is 0. The molecule has 0 aliphatic heterocycles. The minimum absolute atomic E-state index is 1.16. The fraction of sp³-hybridized carbons (Fsp3) is 0.182. The van der Waals surface area contributed by atoms with Crippen molar-refractivity contribution in [2.24, 2.45) is 14.1 Å². The molecular weight excluding hydrogens is 202 g/mol. The SMILES string of the molecule is C[n+]1cn(-n2c[n+](C)c3ccccc32)cn1. The minimum Gasteiger partial charge on any atom is -0.229 e. The molecule has 0 aliphatic rings. The van der Waals surface area contributed by atoms with Gasteiger partial charge in [-0.15, -0.1) is 4.68 Å². The monoisotopic (exact) mass is 215 g/mol. The van der Waals surface area contributed by atoms with E-state index in [-0.39, 0.29) is 0 Å². The molecular formula is C11H13N5+2. The average Bonchev–Trinajstić information content (AvgIpc) is 2.84. The smallest absolute Gasteiger partial charge is 0.229 e. The van der Waals surface area contributed by atoms with Crippen molar-refractivity contribution in [3.05, 3.63) is 43.2 Å². The second-order valence-corrected chi connectivity index (χ2v) is 3.86. The van der Waals surface area contributed by atoms with Gasteiger partial charge in [0, 0.05) is 0 Å². The number of benzene rings is 1. The number of fused-ring (bicyclic) bond motifs is 1. The van der Waals surface area contributed by atoms with Crippen molar-refractivity contribution in [3.63, 3.8) is 0 Å². The lowest BCUT2D eigenvalue weighted by molar-refractivity contribution is -0.728. The zero-order valence-electron chi connectivity index (χ0n) is 9.28. The van der Waals surface area contributed by atoms with Crippen LogP contribution in [-0.2, 0) is 14.1 Å². The number of hydrogen-bond acceptors (Lipinski definition) is 1. The van der Waals surface area contributed by atoms with E-state index in [0.717, 1.165) is 5.52 Å². The molecule has 0 aliphatic carbocycles. The number of nitrogens with zero attached hydrogens (tertiary/aromatic N) is 5. The third-order valence-corrected chi connectivity index (χ3v) is 2.68. The van der Waals surface area contributed by atoms with Gasteiger partial charge in [0.25, 0.3) is 12.7 Å². The van der Waals surface area contributed by atoms with Crippen molar-refractivity contribution in [1.29, 1.82) is 0 Å². The van der Waals surface area contributed by atoms with Crippen LogP contribution in [0, 0.1) is 0 Å². The Kier molecular flexibility index (Phi) is 1.80. The van der Waals surface area contributed by atoms with Crippen LogP contribution < -0.4 is 9.25 Å². The first-order valence-corrected chi connectivity index (χ1v) is 5.12. The van der Waals surface area contributed by atoms with E-state index in [2.05, 4.69) is 26.5 Å². The van der Waals surface area contributed by atoms with Crippen molar-refractivity contribution >= 4 is 11.0 Å². The molecule has 3 aromatic rings. The Labute approximate surface area is 92.8 Å². The predicted octanol–water partition coefficient (Wildman–Crippen LogP) is -0.202. The second-order valence-electron chi connectivity index (χ2n) is 3.86. The molecule has 5 nitrogen and oxygen atoms in total. The van der Waals surface area contributed by atoms with Gasteiger partial charge in [-0.05, 0) is 26.6 Å². The van der Waals surface area contributed by atoms with Crippen LogP contribution in [0.5, 0.6) is 0 Å². The van der Waals surface area contributed by atoms with E-state index < -0.39 is 0 Å². The lowest BCUT2D eigenvalue weighted by Crippen LogP contribution is -2.29. The maximum absolute atomic E-state index is 4.16. The summed E-state index contributed by atoms with van der Waals surface area (Å²) in [5.41, 5.74) is 2.35. The molecule has 2 heterocycles. The van der Waals surface area contributed by atoms with Crippen molar-refractivity contribution in [2.75, 3.05) is 0 Å². The number of imidazole rings is 1. The summed E-state index contributed by atoms with van der Waals surface area (Å²) in [6, 6.07) is 8.27. The Morgan fingerprint density at radius 1 is 1.12 bits per heavy atom. The van der Waals surface area contributed by atoms with E-state index >= 15 is 0 Å². The molecule has 0 amide bonds. The summed E-state index contributed by atoms with van der Waals surface area (Å²) >= 11 is 0. The van der Waals surface area contributed by atoms with E-state index in [1.807, 2.05) is 43.6 Å². The first-order valence-electron chi connectivity index (χ1n) is 5.12. The molecule has 3 rings (SSSR count). The van der Waals surface area contributed by atoms with Gasteiger partial charge in [-0.1, -0.05) is 12.1 Å². The van der Waals surface area contributed by atoms with Gasteiger partial charge in [0.1, 0.15) is 7.05 Å². The highest BCUT2D eigenvalue weighted by atomic mass is 15.5. The van der Waals surface area contributed by atoms with E-state index in [9.17, 15) is 0 Å². The van der Waals surface area contributed by atoms with Gasteiger partial charge in [-0.25, -0.2) is 4.57 Å². The molecule has 0 atom stereocenters. The number of aryl methyl sites for hydroxylation is 2. The highest BCUT2D eigenvalue weighted by Gasteiger charge is 2.18. The van der Waals surface area contributed by atoms with Crippen molar-refractivity contribution < 1.29 is 9.25 Å². The molecule has 2 aromatic heterocycles. The van der Waals surface area contributed by atoms with Crippen LogP contribution >= 0.6 is 0 Å². The maximum Gasteiger partial charge on any atom is 0.308 e. The molecule has 0 unspecified atom stereocenters. The topological polar surface area (TPSA) is 30.5 Å². The number of aromatic nitrogens is 5. The lowest BCUT2D eigenvalue weighted by Gasteiger charge is -1.87. The van der Waals surface area contributed by atoms with Crippen LogP contribution in [0.25, 0.3) is 11.0 Å². The predicted molar refractivity (Wildman–Crippen MR) is 57.3 cm³/mol.